The van der Waals surface area contributed by atoms with Crippen LogP contribution in [0.3, 0.4) is 0 Å². The number of amides is 1. The van der Waals surface area contributed by atoms with Crippen molar-refractivity contribution in [3.05, 3.63) is 24.2 Å². The van der Waals surface area contributed by atoms with Crippen molar-refractivity contribution in [1.29, 1.82) is 0 Å². The van der Waals surface area contributed by atoms with Crippen molar-refractivity contribution in [2.24, 2.45) is 5.92 Å². The minimum Gasteiger partial charge on any atom is -0.467 e. The monoisotopic (exact) mass is 308 g/mol. The largest absolute Gasteiger partial charge is 0.467 e. The molecule has 3 rings (SSSR count). The molecule has 0 radical (unpaired) electrons. The molecular weight excluding hydrogens is 284 g/mol. The number of morpholine rings is 1. The summed E-state index contributed by atoms with van der Waals surface area (Å²) in [6, 6.07) is 3.79. The van der Waals surface area contributed by atoms with Crippen LogP contribution >= 0.6 is 0 Å². The molecule has 2 N–H and O–H groups in total. The molecule has 0 unspecified atom stereocenters. The number of carbonyl (C=O) groups excluding carboxylic acids is 1. The highest BCUT2D eigenvalue weighted by Crippen LogP contribution is 2.32. The highest BCUT2D eigenvalue weighted by molar-refractivity contribution is 5.78. The molecule has 1 aliphatic heterocycles. The molecule has 3 atom stereocenters. The zero-order valence-corrected chi connectivity index (χ0v) is 12.7. The van der Waals surface area contributed by atoms with Crippen LogP contribution in [0.15, 0.2) is 22.8 Å². The number of aliphatic hydroxyl groups is 1. The smallest absolute Gasteiger partial charge is 0.234 e. The van der Waals surface area contributed by atoms with Crippen LogP contribution in [-0.4, -0.2) is 54.4 Å². The number of aliphatic hydroxyl groups excluding tert-OH is 1. The van der Waals surface area contributed by atoms with Crippen LogP contribution in [-0.2, 0) is 16.1 Å². The van der Waals surface area contributed by atoms with Crippen LogP contribution in [0.4, 0.5) is 0 Å². The van der Waals surface area contributed by atoms with Crippen molar-refractivity contribution in [1.82, 2.24) is 10.2 Å². The fraction of sp³-hybridized carbons (Fsp3) is 0.688. The van der Waals surface area contributed by atoms with Crippen molar-refractivity contribution in [3.63, 3.8) is 0 Å². The summed E-state index contributed by atoms with van der Waals surface area (Å²) in [4.78, 5) is 14.3. The van der Waals surface area contributed by atoms with Crippen LogP contribution in [0.5, 0.6) is 0 Å². The summed E-state index contributed by atoms with van der Waals surface area (Å²) in [7, 11) is 0. The van der Waals surface area contributed by atoms with E-state index in [0.29, 0.717) is 26.3 Å². The number of carbonyl (C=O) groups is 1. The molecule has 122 valence electrons. The fourth-order valence-corrected chi connectivity index (χ4v) is 3.51. The van der Waals surface area contributed by atoms with Gasteiger partial charge in [0, 0.05) is 18.5 Å². The van der Waals surface area contributed by atoms with E-state index in [-0.39, 0.29) is 24.0 Å². The Hall–Kier alpha value is -1.37. The Bertz CT molecular complexity index is 477. The van der Waals surface area contributed by atoms with Crippen LogP contribution in [0.1, 0.15) is 25.0 Å². The van der Waals surface area contributed by atoms with Gasteiger partial charge in [-0.3, -0.25) is 9.69 Å². The molecular formula is C16H24N2O4. The lowest BCUT2D eigenvalue weighted by Gasteiger charge is -2.39. The second-order valence-electron chi connectivity index (χ2n) is 6.13. The first-order chi connectivity index (χ1) is 10.7. The van der Waals surface area contributed by atoms with Gasteiger partial charge in [0.25, 0.3) is 0 Å². The van der Waals surface area contributed by atoms with Gasteiger partial charge in [0.05, 0.1) is 38.7 Å². The molecule has 1 aliphatic carbocycles. The fourth-order valence-electron chi connectivity index (χ4n) is 3.51. The lowest BCUT2D eigenvalue weighted by Crippen LogP contribution is -2.53. The number of hydrogen-bond acceptors (Lipinski definition) is 5. The zero-order chi connectivity index (χ0) is 15.4. The molecule has 2 heterocycles. The Morgan fingerprint density at radius 3 is 3.09 bits per heavy atom. The van der Waals surface area contributed by atoms with Crippen molar-refractivity contribution >= 4 is 5.91 Å². The lowest BCUT2D eigenvalue weighted by atomic mass is 9.94. The number of nitrogens with one attached hydrogen (secondary N) is 1. The van der Waals surface area contributed by atoms with E-state index in [4.69, 9.17) is 9.15 Å². The van der Waals surface area contributed by atoms with Gasteiger partial charge in [0.2, 0.25) is 5.91 Å². The van der Waals surface area contributed by atoms with E-state index in [0.717, 1.165) is 31.6 Å². The molecule has 1 saturated heterocycles. The maximum Gasteiger partial charge on any atom is 0.234 e. The Balaban J connectivity index is 1.53. The van der Waals surface area contributed by atoms with E-state index in [1.807, 2.05) is 6.07 Å². The second kappa shape index (κ2) is 7.26. The Labute approximate surface area is 130 Å². The molecule has 1 aromatic rings. The first-order valence-electron chi connectivity index (χ1n) is 8.03. The molecule has 6 heteroatoms. The number of ether oxygens (including phenoxy) is 1. The molecule has 22 heavy (non-hydrogen) atoms. The lowest BCUT2D eigenvalue weighted by molar-refractivity contribution is -0.126. The molecule has 0 aromatic carbocycles. The molecule has 2 fully saturated rings. The van der Waals surface area contributed by atoms with Gasteiger partial charge in [0.1, 0.15) is 5.76 Å². The minimum atomic E-state index is -0.264. The predicted molar refractivity (Wildman–Crippen MR) is 80.1 cm³/mol. The van der Waals surface area contributed by atoms with E-state index in [1.54, 1.807) is 12.3 Å². The van der Waals surface area contributed by atoms with Gasteiger partial charge < -0.3 is 19.6 Å². The van der Waals surface area contributed by atoms with E-state index >= 15 is 0 Å². The number of nitrogens with zero attached hydrogens (tertiary/aromatic N) is 1. The third-order valence-corrected chi connectivity index (χ3v) is 4.69. The molecule has 1 saturated carbocycles. The quantitative estimate of drug-likeness (QED) is 0.840. The van der Waals surface area contributed by atoms with Gasteiger partial charge in [-0.05, 0) is 25.0 Å². The van der Waals surface area contributed by atoms with Crippen molar-refractivity contribution in [2.75, 3.05) is 26.3 Å². The summed E-state index contributed by atoms with van der Waals surface area (Å²) in [5.74, 6) is 0.951. The van der Waals surface area contributed by atoms with Crippen LogP contribution in [0, 0.1) is 5.92 Å². The molecule has 0 spiro atoms. The van der Waals surface area contributed by atoms with Gasteiger partial charge >= 0.3 is 0 Å². The van der Waals surface area contributed by atoms with Gasteiger partial charge in [-0.1, -0.05) is 6.42 Å². The van der Waals surface area contributed by atoms with Crippen molar-refractivity contribution in [2.45, 2.75) is 38.0 Å². The summed E-state index contributed by atoms with van der Waals surface area (Å²) in [5.41, 5.74) is 0. The summed E-state index contributed by atoms with van der Waals surface area (Å²) in [6.45, 7) is 2.74. The van der Waals surface area contributed by atoms with Gasteiger partial charge in [-0.25, -0.2) is 0 Å². The number of furan rings is 1. The maximum atomic E-state index is 12.2. The molecule has 0 bridgehead atoms. The zero-order valence-electron chi connectivity index (χ0n) is 12.7. The summed E-state index contributed by atoms with van der Waals surface area (Å²) in [5, 5.41) is 13.0. The van der Waals surface area contributed by atoms with E-state index in [2.05, 4.69) is 10.2 Å². The minimum absolute atomic E-state index is 0.0178. The Kier molecular flexibility index (Phi) is 5.12. The van der Waals surface area contributed by atoms with Crippen molar-refractivity contribution < 1.29 is 19.1 Å². The third-order valence-electron chi connectivity index (χ3n) is 4.69. The first kappa shape index (κ1) is 15.5. The molecule has 1 aromatic heterocycles. The van der Waals surface area contributed by atoms with Crippen molar-refractivity contribution in [3.8, 4) is 0 Å². The summed E-state index contributed by atoms with van der Waals surface area (Å²) < 4.78 is 10.8. The van der Waals surface area contributed by atoms with E-state index < -0.39 is 0 Å². The Morgan fingerprint density at radius 1 is 1.45 bits per heavy atom. The standard InChI is InChI=1S/C16H24N2O4/c19-15-5-1-4-13(15)14-11-21-8-6-18(14)10-16(20)17-9-12-3-2-7-22-12/h2-3,7,13-15,19H,1,4-6,8-11H2,(H,17,20)/t13-,14-,15+/m1/s1. The van der Waals surface area contributed by atoms with Gasteiger partial charge in [-0.15, -0.1) is 0 Å². The highest BCUT2D eigenvalue weighted by Gasteiger charge is 2.38. The van der Waals surface area contributed by atoms with Gasteiger partial charge in [0.15, 0.2) is 0 Å². The summed E-state index contributed by atoms with van der Waals surface area (Å²) >= 11 is 0. The average Bonchev–Trinajstić information content (AvgIpc) is 3.17. The summed E-state index contributed by atoms with van der Waals surface area (Å²) in [6.07, 6.45) is 4.27. The third kappa shape index (κ3) is 3.69. The maximum absolute atomic E-state index is 12.2. The molecule has 2 aliphatic rings. The SMILES string of the molecule is O=C(CN1CCOC[C@@H]1[C@H]1CCC[C@@H]1O)NCc1ccco1. The molecule has 6 nitrogen and oxygen atoms in total. The first-order valence-corrected chi connectivity index (χ1v) is 8.03. The van der Waals surface area contributed by atoms with Crippen LogP contribution < -0.4 is 5.32 Å². The number of hydrogen-bond donors (Lipinski definition) is 2. The van der Waals surface area contributed by atoms with E-state index in [9.17, 15) is 9.90 Å². The second-order valence-corrected chi connectivity index (χ2v) is 6.13. The topological polar surface area (TPSA) is 74.9 Å². The number of rotatable bonds is 5. The van der Waals surface area contributed by atoms with E-state index in [1.165, 1.54) is 0 Å². The van der Waals surface area contributed by atoms with Gasteiger partial charge in [-0.2, -0.15) is 0 Å². The highest BCUT2D eigenvalue weighted by atomic mass is 16.5. The van der Waals surface area contributed by atoms with Crippen LogP contribution in [0.25, 0.3) is 0 Å². The molecule has 1 amide bonds. The van der Waals surface area contributed by atoms with Crippen LogP contribution in [0.2, 0.25) is 0 Å². The Morgan fingerprint density at radius 2 is 2.36 bits per heavy atom. The normalized spacial score (nSPS) is 29.6. The predicted octanol–water partition coefficient (Wildman–Crippen LogP) is 0.758. The average molecular weight is 308 g/mol.